The van der Waals surface area contributed by atoms with E-state index in [1.807, 2.05) is 0 Å². The molecule has 0 unspecified atom stereocenters. The fourth-order valence-electron chi connectivity index (χ4n) is 1.64. The summed E-state index contributed by atoms with van der Waals surface area (Å²) in [6.45, 7) is 3.18. The van der Waals surface area contributed by atoms with E-state index in [1.165, 1.54) is 18.2 Å². The van der Waals surface area contributed by atoms with Gasteiger partial charge in [-0.15, -0.1) is 0 Å². The Morgan fingerprint density at radius 3 is 2.48 bits per heavy atom. The van der Waals surface area contributed by atoms with Crippen LogP contribution in [0, 0.1) is 0 Å². The van der Waals surface area contributed by atoms with Crippen LogP contribution < -0.4 is 0 Å². The Morgan fingerprint density at radius 1 is 1.24 bits per heavy atom. The molecule has 0 fully saturated rings. The van der Waals surface area contributed by atoms with Gasteiger partial charge in [0.25, 0.3) is 0 Å². The Morgan fingerprint density at radius 2 is 1.95 bits per heavy atom. The van der Waals surface area contributed by atoms with E-state index in [0.29, 0.717) is 5.56 Å². The summed E-state index contributed by atoms with van der Waals surface area (Å²) in [4.78, 5) is 0. The summed E-state index contributed by atoms with van der Waals surface area (Å²) >= 11 is 0. The summed E-state index contributed by atoms with van der Waals surface area (Å²) in [5.74, 6) is -0.645. The number of aliphatic hydroxyl groups is 3. The third kappa shape index (κ3) is 4.77. The quantitative estimate of drug-likeness (QED) is 0.300. The lowest BCUT2D eigenvalue weighted by Gasteiger charge is -2.13. The molecule has 5 N–H and O–H groups in total. The first-order valence-electron chi connectivity index (χ1n) is 6.16. The molecule has 0 saturated carbocycles. The third-order valence-electron chi connectivity index (χ3n) is 2.67. The highest BCUT2D eigenvalue weighted by Crippen LogP contribution is 2.26. The van der Waals surface area contributed by atoms with E-state index in [9.17, 15) is 15.3 Å². The minimum absolute atomic E-state index is 0.0235. The first-order valence-corrected chi connectivity index (χ1v) is 6.16. The number of phenols is 2. The molecule has 0 aliphatic heterocycles. The highest BCUT2D eigenvalue weighted by Gasteiger charge is 2.10. The van der Waals surface area contributed by atoms with Gasteiger partial charge in [0, 0.05) is 24.7 Å². The van der Waals surface area contributed by atoms with Gasteiger partial charge in [-0.05, 0) is 17.7 Å². The minimum Gasteiger partial charge on any atom is -0.515 e. The third-order valence-corrected chi connectivity index (χ3v) is 2.67. The molecule has 21 heavy (non-hydrogen) atoms. The standard InChI is InChI=1S/C15H18O6/c1-10(18)12(4-6-16)15(5-7-17)21-9-11-2-3-13(19)14(20)8-11/h2-3,5,7-8,16-20H,1,4,6,9H2/b7-5+,15-12+. The zero-order valence-electron chi connectivity index (χ0n) is 11.4. The van der Waals surface area contributed by atoms with Crippen LogP contribution in [0.1, 0.15) is 12.0 Å². The lowest BCUT2D eigenvalue weighted by molar-refractivity contribution is 0.200. The number of hydrogen-bond donors (Lipinski definition) is 5. The molecule has 0 aromatic heterocycles. The van der Waals surface area contributed by atoms with Crippen LogP contribution in [0.3, 0.4) is 0 Å². The molecule has 1 aromatic carbocycles. The summed E-state index contributed by atoms with van der Waals surface area (Å²) < 4.78 is 5.45. The number of phenolic OH excluding ortho intramolecular Hbond substituents is 2. The van der Waals surface area contributed by atoms with Crippen molar-refractivity contribution in [2.45, 2.75) is 13.0 Å². The molecule has 6 nitrogen and oxygen atoms in total. The van der Waals surface area contributed by atoms with Gasteiger partial charge in [0.05, 0.1) is 6.26 Å². The van der Waals surface area contributed by atoms with Crippen molar-refractivity contribution in [2.24, 2.45) is 0 Å². The van der Waals surface area contributed by atoms with Crippen LogP contribution in [-0.2, 0) is 11.3 Å². The number of aromatic hydroxyl groups is 2. The Kier molecular flexibility index (Phi) is 6.16. The van der Waals surface area contributed by atoms with E-state index >= 15 is 0 Å². The molecule has 0 atom stereocenters. The van der Waals surface area contributed by atoms with Gasteiger partial charge < -0.3 is 30.3 Å². The summed E-state index contributed by atoms with van der Waals surface area (Å²) in [5, 5.41) is 45.9. The van der Waals surface area contributed by atoms with Gasteiger partial charge in [0.1, 0.15) is 18.1 Å². The van der Waals surface area contributed by atoms with Crippen LogP contribution in [0.25, 0.3) is 0 Å². The molecule has 0 saturated heterocycles. The molecule has 0 aliphatic carbocycles. The molecule has 0 bridgehead atoms. The van der Waals surface area contributed by atoms with E-state index in [0.717, 1.165) is 6.26 Å². The molecule has 0 radical (unpaired) electrons. The van der Waals surface area contributed by atoms with E-state index in [-0.39, 0.29) is 48.2 Å². The topological polar surface area (TPSA) is 110 Å². The molecule has 0 spiro atoms. The van der Waals surface area contributed by atoms with Gasteiger partial charge in [-0.3, -0.25) is 0 Å². The fraction of sp³-hybridized carbons (Fsp3) is 0.200. The number of hydrogen-bond acceptors (Lipinski definition) is 6. The maximum Gasteiger partial charge on any atom is 0.157 e. The lowest BCUT2D eigenvalue weighted by atomic mass is 10.1. The Labute approximate surface area is 122 Å². The minimum atomic E-state index is -0.276. The van der Waals surface area contributed by atoms with Crippen LogP contribution in [0.2, 0.25) is 0 Å². The van der Waals surface area contributed by atoms with Crippen molar-refractivity contribution < 1.29 is 30.3 Å². The van der Waals surface area contributed by atoms with Crippen LogP contribution >= 0.6 is 0 Å². The van der Waals surface area contributed by atoms with Crippen LogP contribution in [0.15, 0.2) is 54.2 Å². The van der Waals surface area contributed by atoms with Gasteiger partial charge in [0.2, 0.25) is 0 Å². The number of ether oxygens (including phenoxy) is 1. The van der Waals surface area contributed by atoms with Gasteiger partial charge in [-0.1, -0.05) is 12.6 Å². The molecule has 0 heterocycles. The van der Waals surface area contributed by atoms with Gasteiger partial charge in [-0.2, -0.15) is 0 Å². The predicted octanol–water partition coefficient (Wildman–Crippen LogP) is 2.39. The summed E-state index contributed by atoms with van der Waals surface area (Å²) in [7, 11) is 0. The first kappa shape index (κ1) is 16.5. The maximum atomic E-state index is 9.49. The molecule has 1 rings (SSSR count). The smallest absolute Gasteiger partial charge is 0.157 e. The van der Waals surface area contributed by atoms with Crippen LogP contribution in [0.4, 0.5) is 0 Å². The largest absolute Gasteiger partial charge is 0.515 e. The Hall–Kier alpha value is -2.60. The number of rotatable bonds is 7. The van der Waals surface area contributed by atoms with Crippen molar-refractivity contribution in [1.82, 2.24) is 0 Å². The molecule has 1 aromatic rings. The van der Waals surface area contributed by atoms with Crippen molar-refractivity contribution >= 4 is 0 Å². The summed E-state index contributed by atoms with van der Waals surface area (Å²) in [5.41, 5.74) is 0.826. The predicted molar refractivity (Wildman–Crippen MR) is 76.8 cm³/mol. The summed E-state index contributed by atoms with van der Waals surface area (Å²) in [6.07, 6.45) is 2.06. The number of benzene rings is 1. The second kappa shape index (κ2) is 7.86. The Bertz CT molecular complexity index is 559. The average Bonchev–Trinajstić information content (AvgIpc) is 2.44. The molecular weight excluding hydrogens is 276 g/mol. The van der Waals surface area contributed by atoms with Crippen molar-refractivity contribution in [1.29, 1.82) is 0 Å². The molecular formula is C15H18O6. The number of aliphatic hydroxyl groups excluding tert-OH is 3. The van der Waals surface area contributed by atoms with Crippen molar-refractivity contribution in [3.05, 3.63) is 59.8 Å². The van der Waals surface area contributed by atoms with Crippen LogP contribution in [-0.4, -0.2) is 32.1 Å². The zero-order chi connectivity index (χ0) is 15.8. The van der Waals surface area contributed by atoms with Crippen molar-refractivity contribution in [2.75, 3.05) is 6.61 Å². The van der Waals surface area contributed by atoms with Crippen molar-refractivity contribution in [3.63, 3.8) is 0 Å². The summed E-state index contributed by atoms with van der Waals surface area (Å²) in [6, 6.07) is 4.20. The zero-order valence-corrected chi connectivity index (χ0v) is 11.4. The second-order valence-electron chi connectivity index (χ2n) is 4.19. The number of allylic oxidation sites excluding steroid dienone is 2. The first-order chi connectivity index (χ1) is 9.99. The molecule has 0 aliphatic rings. The molecule has 6 heteroatoms. The Balaban J connectivity index is 2.95. The van der Waals surface area contributed by atoms with E-state index in [1.54, 1.807) is 6.07 Å². The molecule has 114 valence electrons. The SMILES string of the molecule is C=C(O)/C(CCO)=C(\C=C\O)OCc1ccc(O)c(O)c1. The van der Waals surface area contributed by atoms with Gasteiger partial charge >= 0.3 is 0 Å². The molecule has 0 amide bonds. The van der Waals surface area contributed by atoms with E-state index in [2.05, 4.69) is 6.58 Å². The normalized spacial score (nSPS) is 12.2. The maximum absolute atomic E-state index is 9.49. The van der Waals surface area contributed by atoms with Crippen LogP contribution in [0.5, 0.6) is 11.5 Å². The lowest BCUT2D eigenvalue weighted by Crippen LogP contribution is -2.01. The highest BCUT2D eigenvalue weighted by atomic mass is 16.5. The van der Waals surface area contributed by atoms with Crippen molar-refractivity contribution in [3.8, 4) is 11.5 Å². The highest BCUT2D eigenvalue weighted by molar-refractivity contribution is 5.40. The monoisotopic (exact) mass is 294 g/mol. The van der Waals surface area contributed by atoms with E-state index < -0.39 is 0 Å². The second-order valence-corrected chi connectivity index (χ2v) is 4.19. The van der Waals surface area contributed by atoms with Gasteiger partial charge in [0.15, 0.2) is 11.5 Å². The average molecular weight is 294 g/mol. The van der Waals surface area contributed by atoms with E-state index in [4.69, 9.17) is 14.9 Å². The van der Waals surface area contributed by atoms with Gasteiger partial charge in [-0.25, -0.2) is 0 Å². The fourth-order valence-corrected chi connectivity index (χ4v) is 1.64.